The van der Waals surface area contributed by atoms with Gasteiger partial charge in [0.15, 0.2) is 11.5 Å². The number of hydrogen-bond acceptors (Lipinski definition) is 5. The lowest BCUT2D eigenvalue weighted by Crippen LogP contribution is -2.12. The Morgan fingerprint density at radius 1 is 1.10 bits per heavy atom. The number of amides is 1. The summed E-state index contributed by atoms with van der Waals surface area (Å²) in [7, 11) is 1.33. The van der Waals surface area contributed by atoms with E-state index in [9.17, 15) is 13.6 Å². The third kappa shape index (κ3) is 5.64. The molecule has 0 saturated heterocycles. The maximum absolute atomic E-state index is 12.5. The summed E-state index contributed by atoms with van der Waals surface area (Å²) in [4.78, 5) is 16.5. The van der Waals surface area contributed by atoms with Crippen LogP contribution in [-0.2, 0) is 0 Å². The van der Waals surface area contributed by atoms with Gasteiger partial charge in [-0.2, -0.15) is 8.78 Å². The molecule has 2 aromatic carbocycles. The molecule has 1 aromatic heterocycles. The standard InChI is InChI=1S/C20H15BrF2N2O4/c1-27-16-7-6-14(10-17(16)29-20(22)23)25-19(26)12-5-8-18(24-11-12)28-15-4-2-3-13(21)9-15/h2-11,20H,1H3,(H,25,26). The molecule has 0 aliphatic carbocycles. The number of benzene rings is 2. The van der Waals surface area contributed by atoms with Gasteiger partial charge in [0.25, 0.3) is 5.91 Å². The fourth-order valence-electron chi connectivity index (χ4n) is 2.37. The Bertz CT molecular complexity index is 1000. The van der Waals surface area contributed by atoms with E-state index in [4.69, 9.17) is 9.47 Å². The minimum Gasteiger partial charge on any atom is -0.493 e. The number of ether oxygens (including phenoxy) is 3. The van der Waals surface area contributed by atoms with Crippen LogP contribution in [0.3, 0.4) is 0 Å². The molecule has 0 bridgehead atoms. The average Bonchev–Trinajstić information content (AvgIpc) is 2.68. The van der Waals surface area contributed by atoms with E-state index in [0.717, 1.165) is 4.47 Å². The van der Waals surface area contributed by atoms with Crippen molar-refractivity contribution in [1.82, 2.24) is 4.98 Å². The molecule has 1 N–H and O–H groups in total. The van der Waals surface area contributed by atoms with Gasteiger partial charge < -0.3 is 19.5 Å². The van der Waals surface area contributed by atoms with Crippen molar-refractivity contribution in [1.29, 1.82) is 0 Å². The van der Waals surface area contributed by atoms with Crippen LogP contribution in [0.25, 0.3) is 0 Å². The molecule has 6 nitrogen and oxygen atoms in total. The second-order valence-corrected chi connectivity index (χ2v) is 6.56. The van der Waals surface area contributed by atoms with Crippen molar-refractivity contribution in [3.63, 3.8) is 0 Å². The van der Waals surface area contributed by atoms with Gasteiger partial charge in [-0.15, -0.1) is 0 Å². The molecule has 0 atom stereocenters. The van der Waals surface area contributed by atoms with E-state index in [-0.39, 0.29) is 22.7 Å². The highest BCUT2D eigenvalue weighted by Gasteiger charge is 2.13. The van der Waals surface area contributed by atoms with Gasteiger partial charge in [-0.25, -0.2) is 4.98 Å². The molecule has 0 radical (unpaired) electrons. The van der Waals surface area contributed by atoms with Gasteiger partial charge in [0.2, 0.25) is 5.88 Å². The molecule has 0 unspecified atom stereocenters. The quantitative estimate of drug-likeness (QED) is 0.499. The van der Waals surface area contributed by atoms with Gasteiger partial charge in [0.05, 0.1) is 12.7 Å². The molecular formula is C20H15BrF2N2O4. The smallest absolute Gasteiger partial charge is 0.387 e. The molecule has 0 aliphatic rings. The molecule has 150 valence electrons. The largest absolute Gasteiger partial charge is 0.493 e. The molecule has 1 amide bonds. The number of anilines is 1. The zero-order valence-corrected chi connectivity index (χ0v) is 16.7. The highest BCUT2D eigenvalue weighted by molar-refractivity contribution is 9.10. The molecule has 9 heteroatoms. The lowest BCUT2D eigenvalue weighted by atomic mass is 10.2. The second kappa shape index (κ2) is 9.33. The second-order valence-electron chi connectivity index (χ2n) is 5.64. The molecular weight excluding hydrogens is 450 g/mol. The lowest BCUT2D eigenvalue weighted by Gasteiger charge is -2.12. The molecule has 29 heavy (non-hydrogen) atoms. The van der Waals surface area contributed by atoms with Gasteiger partial charge in [-0.1, -0.05) is 22.0 Å². The average molecular weight is 465 g/mol. The Morgan fingerprint density at radius 2 is 1.93 bits per heavy atom. The number of halogens is 3. The van der Waals surface area contributed by atoms with Crippen molar-refractivity contribution in [2.45, 2.75) is 6.61 Å². The Kier molecular flexibility index (Phi) is 6.61. The topological polar surface area (TPSA) is 69.7 Å². The number of hydrogen-bond donors (Lipinski definition) is 1. The normalized spacial score (nSPS) is 10.5. The first-order chi connectivity index (χ1) is 13.9. The van der Waals surface area contributed by atoms with Crippen LogP contribution in [0.5, 0.6) is 23.1 Å². The highest BCUT2D eigenvalue weighted by atomic mass is 79.9. The molecule has 3 rings (SSSR count). The maximum atomic E-state index is 12.5. The van der Waals surface area contributed by atoms with Crippen molar-refractivity contribution in [2.75, 3.05) is 12.4 Å². The molecule has 0 fully saturated rings. The van der Waals surface area contributed by atoms with Crippen molar-refractivity contribution in [3.8, 4) is 23.1 Å². The Morgan fingerprint density at radius 3 is 2.59 bits per heavy atom. The predicted molar refractivity (Wildman–Crippen MR) is 106 cm³/mol. The molecule has 0 aliphatic heterocycles. The van der Waals surface area contributed by atoms with Crippen LogP contribution in [0.4, 0.5) is 14.5 Å². The summed E-state index contributed by atoms with van der Waals surface area (Å²) < 4.78 is 40.9. The van der Waals surface area contributed by atoms with E-state index >= 15 is 0 Å². The van der Waals surface area contributed by atoms with Gasteiger partial charge in [-0.05, 0) is 36.4 Å². The Hall–Kier alpha value is -3.20. The van der Waals surface area contributed by atoms with Crippen LogP contribution in [0.1, 0.15) is 10.4 Å². The number of pyridine rings is 1. The number of carbonyl (C=O) groups is 1. The minimum absolute atomic E-state index is 0.124. The Labute approximate surface area is 173 Å². The van der Waals surface area contributed by atoms with Crippen LogP contribution in [0, 0.1) is 0 Å². The number of alkyl halides is 2. The molecule has 0 saturated carbocycles. The fraction of sp³-hybridized carbons (Fsp3) is 0.100. The number of rotatable bonds is 7. The van der Waals surface area contributed by atoms with Gasteiger partial charge in [-0.3, -0.25) is 4.79 Å². The van der Waals surface area contributed by atoms with Crippen molar-refractivity contribution in [3.05, 3.63) is 70.8 Å². The summed E-state index contributed by atoms with van der Waals surface area (Å²) in [5.41, 5.74) is 0.527. The summed E-state index contributed by atoms with van der Waals surface area (Å²) in [5.74, 6) is 0.375. The zero-order chi connectivity index (χ0) is 20.8. The van der Waals surface area contributed by atoms with Gasteiger partial charge in [0.1, 0.15) is 5.75 Å². The summed E-state index contributed by atoms with van der Waals surface area (Å²) in [5, 5.41) is 2.59. The number of nitrogens with zero attached hydrogens (tertiary/aromatic N) is 1. The zero-order valence-electron chi connectivity index (χ0n) is 15.1. The van der Waals surface area contributed by atoms with Crippen molar-refractivity contribution in [2.24, 2.45) is 0 Å². The van der Waals surface area contributed by atoms with Gasteiger partial charge in [0, 0.05) is 28.5 Å². The molecule has 1 heterocycles. The highest BCUT2D eigenvalue weighted by Crippen LogP contribution is 2.31. The van der Waals surface area contributed by atoms with E-state index in [0.29, 0.717) is 11.6 Å². The first-order valence-corrected chi connectivity index (χ1v) is 9.07. The molecule has 3 aromatic rings. The first kappa shape index (κ1) is 20.5. The summed E-state index contributed by atoms with van der Waals surface area (Å²) in [6.07, 6.45) is 1.35. The van der Waals surface area contributed by atoms with Crippen LogP contribution in [0.2, 0.25) is 0 Å². The van der Waals surface area contributed by atoms with E-state index < -0.39 is 12.5 Å². The van der Waals surface area contributed by atoms with Crippen molar-refractivity contribution >= 4 is 27.5 Å². The van der Waals surface area contributed by atoms with Crippen LogP contribution < -0.4 is 19.5 Å². The van der Waals surface area contributed by atoms with Crippen LogP contribution in [0.15, 0.2) is 65.3 Å². The number of carbonyl (C=O) groups excluding carboxylic acids is 1. The van der Waals surface area contributed by atoms with Crippen LogP contribution in [-0.4, -0.2) is 24.6 Å². The van der Waals surface area contributed by atoms with E-state index in [2.05, 4.69) is 31.0 Å². The fourth-order valence-corrected chi connectivity index (χ4v) is 2.75. The Balaban J connectivity index is 1.69. The van der Waals surface area contributed by atoms with Gasteiger partial charge >= 0.3 is 6.61 Å². The number of nitrogens with one attached hydrogen (secondary N) is 1. The monoisotopic (exact) mass is 464 g/mol. The van der Waals surface area contributed by atoms with Crippen LogP contribution >= 0.6 is 15.9 Å². The third-order valence-electron chi connectivity index (χ3n) is 3.65. The van der Waals surface area contributed by atoms with E-state index in [1.54, 1.807) is 18.2 Å². The van der Waals surface area contributed by atoms with E-state index in [1.807, 2.05) is 12.1 Å². The summed E-state index contributed by atoms with van der Waals surface area (Å²) in [6.45, 7) is -3.02. The minimum atomic E-state index is -3.02. The van der Waals surface area contributed by atoms with Crippen molar-refractivity contribution < 1.29 is 27.8 Å². The third-order valence-corrected chi connectivity index (χ3v) is 4.15. The SMILES string of the molecule is COc1ccc(NC(=O)c2ccc(Oc3cccc(Br)c3)nc2)cc1OC(F)F. The van der Waals surface area contributed by atoms with E-state index in [1.165, 1.54) is 37.6 Å². The summed E-state index contributed by atoms with van der Waals surface area (Å²) in [6, 6.07) is 14.5. The predicted octanol–water partition coefficient (Wildman–Crippen LogP) is 5.50. The first-order valence-electron chi connectivity index (χ1n) is 8.28. The maximum Gasteiger partial charge on any atom is 0.387 e. The lowest BCUT2D eigenvalue weighted by molar-refractivity contribution is -0.0511. The number of methoxy groups -OCH3 is 1. The summed E-state index contributed by atoms with van der Waals surface area (Å²) >= 11 is 3.35. The number of aromatic nitrogens is 1. The molecule has 0 spiro atoms.